The lowest BCUT2D eigenvalue weighted by Crippen LogP contribution is -2.32. The summed E-state index contributed by atoms with van der Waals surface area (Å²) in [5.74, 6) is -1.37. The Balaban J connectivity index is 2.97. The van der Waals surface area contributed by atoms with Crippen LogP contribution in [-0.4, -0.2) is 23.4 Å². The first-order chi connectivity index (χ1) is 9.75. The summed E-state index contributed by atoms with van der Waals surface area (Å²) in [5.41, 5.74) is 0.733. The van der Waals surface area contributed by atoms with Crippen LogP contribution in [0.15, 0.2) is 24.3 Å². The van der Waals surface area contributed by atoms with Crippen LogP contribution in [-0.2, 0) is 9.53 Å². The molecule has 1 rings (SSSR count). The number of carboxylic acids is 1. The van der Waals surface area contributed by atoms with E-state index in [1.807, 2.05) is 6.92 Å². The van der Waals surface area contributed by atoms with Crippen molar-refractivity contribution in [2.75, 3.05) is 0 Å². The van der Waals surface area contributed by atoms with Crippen molar-refractivity contribution in [3.05, 3.63) is 35.4 Å². The van der Waals surface area contributed by atoms with E-state index in [0.717, 1.165) is 5.56 Å². The van der Waals surface area contributed by atoms with Gasteiger partial charge in [0.25, 0.3) is 0 Å². The van der Waals surface area contributed by atoms with E-state index >= 15 is 0 Å². The fourth-order valence-electron chi connectivity index (χ4n) is 1.89. The van der Waals surface area contributed by atoms with Crippen molar-refractivity contribution in [1.29, 1.82) is 0 Å². The molecule has 0 saturated carbocycles. The topological polar surface area (TPSA) is 46.5 Å². The van der Waals surface area contributed by atoms with E-state index in [4.69, 9.17) is 9.84 Å². The number of carbonyl (C=O) groups is 1. The SMILES string of the molecule is CCCCC(OC(c1ccc(C)cc1)C(F)(F)F)C(=O)O. The minimum Gasteiger partial charge on any atom is -0.479 e. The minimum absolute atomic E-state index is 0.0598. The van der Waals surface area contributed by atoms with Crippen LogP contribution in [0.1, 0.15) is 43.4 Å². The Morgan fingerprint density at radius 2 is 1.86 bits per heavy atom. The Morgan fingerprint density at radius 1 is 1.29 bits per heavy atom. The number of aryl methyl sites for hydroxylation is 1. The molecule has 2 atom stereocenters. The largest absolute Gasteiger partial charge is 0.479 e. The highest BCUT2D eigenvalue weighted by Crippen LogP contribution is 2.37. The van der Waals surface area contributed by atoms with Crippen molar-refractivity contribution in [3.63, 3.8) is 0 Å². The van der Waals surface area contributed by atoms with Crippen LogP contribution in [0.5, 0.6) is 0 Å². The molecule has 118 valence electrons. The number of unbranched alkanes of at least 4 members (excludes halogenated alkanes) is 1. The van der Waals surface area contributed by atoms with Crippen molar-refractivity contribution in [2.45, 2.75) is 51.5 Å². The summed E-state index contributed by atoms with van der Waals surface area (Å²) in [6.45, 7) is 3.59. The van der Waals surface area contributed by atoms with Crippen LogP contribution in [0.2, 0.25) is 0 Å². The van der Waals surface area contributed by atoms with Gasteiger partial charge < -0.3 is 9.84 Å². The first-order valence-corrected chi connectivity index (χ1v) is 6.77. The molecule has 0 saturated heterocycles. The highest BCUT2D eigenvalue weighted by molar-refractivity contribution is 5.72. The number of aliphatic carboxylic acids is 1. The van der Waals surface area contributed by atoms with E-state index in [0.29, 0.717) is 12.8 Å². The molecule has 21 heavy (non-hydrogen) atoms. The van der Waals surface area contributed by atoms with Gasteiger partial charge in [0, 0.05) is 0 Å². The van der Waals surface area contributed by atoms with Gasteiger partial charge >= 0.3 is 12.1 Å². The summed E-state index contributed by atoms with van der Waals surface area (Å²) in [6, 6.07) is 5.71. The molecule has 2 unspecified atom stereocenters. The molecule has 0 radical (unpaired) electrons. The average Bonchev–Trinajstić information content (AvgIpc) is 2.38. The lowest BCUT2D eigenvalue weighted by atomic mass is 10.1. The van der Waals surface area contributed by atoms with Crippen LogP contribution < -0.4 is 0 Å². The van der Waals surface area contributed by atoms with E-state index in [1.165, 1.54) is 12.1 Å². The number of ether oxygens (including phenoxy) is 1. The minimum atomic E-state index is -4.66. The van der Waals surface area contributed by atoms with Gasteiger partial charge in [-0.1, -0.05) is 49.6 Å². The highest BCUT2D eigenvalue weighted by Gasteiger charge is 2.44. The molecule has 0 aliphatic carbocycles. The quantitative estimate of drug-likeness (QED) is 0.818. The maximum absolute atomic E-state index is 13.1. The van der Waals surface area contributed by atoms with Gasteiger partial charge in [0.2, 0.25) is 0 Å². The maximum Gasteiger partial charge on any atom is 0.418 e. The monoisotopic (exact) mass is 304 g/mol. The van der Waals surface area contributed by atoms with Crippen molar-refractivity contribution >= 4 is 5.97 Å². The molecule has 1 aromatic carbocycles. The molecule has 1 N–H and O–H groups in total. The number of carboxylic acid groups (broad SMARTS) is 1. The fraction of sp³-hybridized carbons (Fsp3) is 0.533. The molecule has 0 spiro atoms. The number of benzene rings is 1. The van der Waals surface area contributed by atoms with E-state index < -0.39 is 24.4 Å². The fourth-order valence-corrected chi connectivity index (χ4v) is 1.89. The molecule has 0 aromatic heterocycles. The zero-order valence-corrected chi connectivity index (χ0v) is 12.0. The van der Waals surface area contributed by atoms with Gasteiger partial charge in [-0.25, -0.2) is 4.79 Å². The summed E-state index contributed by atoms with van der Waals surface area (Å²) in [6.07, 6.45) is -7.10. The van der Waals surface area contributed by atoms with E-state index in [1.54, 1.807) is 19.1 Å². The molecular weight excluding hydrogens is 285 g/mol. The van der Waals surface area contributed by atoms with Crippen molar-refractivity contribution in [2.24, 2.45) is 0 Å². The molecule has 0 aliphatic heterocycles. The zero-order valence-electron chi connectivity index (χ0n) is 12.0. The molecule has 0 fully saturated rings. The predicted octanol–water partition coefficient (Wildman–Crippen LogP) is 4.26. The predicted molar refractivity (Wildman–Crippen MR) is 72.0 cm³/mol. The van der Waals surface area contributed by atoms with Gasteiger partial charge in [-0.05, 0) is 18.9 Å². The number of hydrogen-bond donors (Lipinski definition) is 1. The number of halogens is 3. The maximum atomic E-state index is 13.1. The molecular formula is C15H19F3O3. The molecule has 1 aromatic rings. The number of rotatable bonds is 7. The summed E-state index contributed by atoms with van der Waals surface area (Å²) in [4.78, 5) is 11.1. The van der Waals surface area contributed by atoms with Gasteiger partial charge in [-0.3, -0.25) is 0 Å². The third kappa shape index (κ3) is 5.38. The van der Waals surface area contributed by atoms with Gasteiger partial charge in [0.05, 0.1) is 0 Å². The van der Waals surface area contributed by atoms with E-state index in [-0.39, 0.29) is 12.0 Å². The second kappa shape index (κ2) is 7.45. The highest BCUT2D eigenvalue weighted by atomic mass is 19.4. The second-order valence-corrected chi connectivity index (χ2v) is 4.94. The Kier molecular flexibility index (Phi) is 6.20. The van der Waals surface area contributed by atoms with Crippen LogP contribution in [0.3, 0.4) is 0 Å². The summed E-state index contributed by atoms with van der Waals surface area (Å²) in [7, 11) is 0. The molecule has 0 aliphatic rings. The Morgan fingerprint density at radius 3 is 2.29 bits per heavy atom. The van der Waals surface area contributed by atoms with Crippen LogP contribution >= 0.6 is 0 Å². The van der Waals surface area contributed by atoms with Gasteiger partial charge in [-0.2, -0.15) is 13.2 Å². The third-order valence-electron chi connectivity index (χ3n) is 3.07. The Bertz CT molecular complexity index is 454. The number of hydrogen-bond acceptors (Lipinski definition) is 2. The summed E-state index contributed by atoms with van der Waals surface area (Å²) < 4.78 is 44.3. The van der Waals surface area contributed by atoms with E-state index in [2.05, 4.69) is 0 Å². The third-order valence-corrected chi connectivity index (χ3v) is 3.07. The second-order valence-electron chi connectivity index (χ2n) is 4.94. The lowest BCUT2D eigenvalue weighted by molar-refractivity contribution is -0.238. The molecule has 6 heteroatoms. The average molecular weight is 304 g/mol. The Labute approximate surface area is 121 Å². The standard InChI is InChI=1S/C15H19F3O3/c1-3-4-5-12(14(19)20)21-13(15(16,17)18)11-8-6-10(2)7-9-11/h6-9,12-13H,3-5H2,1-2H3,(H,19,20). The first kappa shape index (κ1) is 17.5. The smallest absolute Gasteiger partial charge is 0.418 e. The molecule has 0 amide bonds. The van der Waals surface area contributed by atoms with Gasteiger partial charge in [-0.15, -0.1) is 0 Å². The molecule has 3 nitrogen and oxygen atoms in total. The van der Waals surface area contributed by atoms with Gasteiger partial charge in [0.1, 0.15) is 0 Å². The summed E-state index contributed by atoms with van der Waals surface area (Å²) in [5, 5.41) is 9.01. The lowest BCUT2D eigenvalue weighted by Gasteiger charge is -2.25. The molecule has 0 heterocycles. The van der Waals surface area contributed by atoms with Gasteiger partial charge in [0.15, 0.2) is 12.2 Å². The van der Waals surface area contributed by atoms with Crippen LogP contribution in [0, 0.1) is 6.92 Å². The first-order valence-electron chi connectivity index (χ1n) is 6.77. The van der Waals surface area contributed by atoms with Crippen molar-refractivity contribution < 1.29 is 27.8 Å². The zero-order chi connectivity index (χ0) is 16.0. The van der Waals surface area contributed by atoms with Crippen LogP contribution in [0.25, 0.3) is 0 Å². The normalized spacial score (nSPS) is 14.7. The van der Waals surface area contributed by atoms with Crippen molar-refractivity contribution in [1.82, 2.24) is 0 Å². The molecule has 0 bridgehead atoms. The number of alkyl halides is 3. The summed E-state index contributed by atoms with van der Waals surface area (Å²) >= 11 is 0. The van der Waals surface area contributed by atoms with Crippen molar-refractivity contribution in [3.8, 4) is 0 Å². The Hall–Kier alpha value is -1.56. The van der Waals surface area contributed by atoms with E-state index in [9.17, 15) is 18.0 Å². The van der Waals surface area contributed by atoms with Crippen LogP contribution in [0.4, 0.5) is 13.2 Å².